The van der Waals surface area contributed by atoms with Crippen molar-refractivity contribution in [3.8, 4) is 0 Å². The number of rotatable bonds is 5. The molecule has 0 aliphatic carbocycles. The molecule has 3 aromatic rings. The molecule has 0 bridgehead atoms. The average Bonchev–Trinajstić information content (AvgIpc) is 3.12. The van der Waals surface area contributed by atoms with Crippen molar-refractivity contribution in [1.82, 2.24) is 4.57 Å². The third-order valence-electron chi connectivity index (χ3n) is 5.26. The highest BCUT2D eigenvalue weighted by atomic mass is 35.5. The maximum Gasteiger partial charge on any atom is 0.416 e. The summed E-state index contributed by atoms with van der Waals surface area (Å²) >= 11 is 7.08. The van der Waals surface area contributed by atoms with Crippen LogP contribution in [0.4, 0.5) is 18.9 Å². The van der Waals surface area contributed by atoms with Crippen molar-refractivity contribution in [3.05, 3.63) is 95.6 Å². The second-order valence-electron chi connectivity index (χ2n) is 7.58. The molecule has 2 heterocycles. The summed E-state index contributed by atoms with van der Waals surface area (Å²) in [6.07, 6.45) is -3.15. The molecule has 0 saturated heterocycles. The molecule has 11 heteroatoms. The van der Waals surface area contributed by atoms with Gasteiger partial charge in [-0.25, -0.2) is 9.79 Å². The third-order valence-corrected chi connectivity index (χ3v) is 6.50. The smallest absolute Gasteiger partial charge is 0.416 e. The van der Waals surface area contributed by atoms with Crippen LogP contribution in [0, 0.1) is 0 Å². The summed E-state index contributed by atoms with van der Waals surface area (Å²) in [5.74, 6) is -0.593. The van der Waals surface area contributed by atoms with Gasteiger partial charge in [-0.05, 0) is 49.7 Å². The summed E-state index contributed by atoms with van der Waals surface area (Å²) in [6.45, 7) is 3.49. The van der Waals surface area contributed by atoms with E-state index in [4.69, 9.17) is 16.3 Å². The second-order valence-corrected chi connectivity index (χ2v) is 9.02. The van der Waals surface area contributed by atoms with Crippen LogP contribution in [0.3, 0.4) is 0 Å². The Hall–Kier alpha value is -3.37. The minimum atomic E-state index is -4.49. The molecule has 0 radical (unpaired) electrons. The van der Waals surface area contributed by atoms with Gasteiger partial charge in [-0.15, -0.1) is 0 Å². The first-order valence-corrected chi connectivity index (χ1v) is 11.7. The van der Waals surface area contributed by atoms with E-state index in [9.17, 15) is 22.8 Å². The molecular formula is C24H19ClF3N3O3S. The van der Waals surface area contributed by atoms with E-state index in [1.54, 1.807) is 38.1 Å². The van der Waals surface area contributed by atoms with E-state index in [-0.39, 0.29) is 22.4 Å². The number of carbonyl (C=O) groups is 1. The predicted octanol–water partition coefficient (Wildman–Crippen LogP) is 4.49. The highest BCUT2D eigenvalue weighted by Gasteiger charge is 2.33. The lowest BCUT2D eigenvalue weighted by atomic mass is 9.96. The zero-order valence-corrected chi connectivity index (χ0v) is 20.1. The van der Waals surface area contributed by atoms with Crippen LogP contribution in [0.15, 0.2) is 69.6 Å². The fraction of sp³-hybridized carbons (Fsp3) is 0.208. The van der Waals surface area contributed by atoms with Gasteiger partial charge in [0.2, 0.25) is 0 Å². The van der Waals surface area contributed by atoms with Gasteiger partial charge in [-0.3, -0.25) is 9.36 Å². The van der Waals surface area contributed by atoms with Crippen molar-refractivity contribution >= 4 is 40.8 Å². The lowest BCUT2D eigenvalue weighted by molar-refractivity contribution is -0.139. The molecule has 1 aliphatic rings. The van der Waals surface area contributed by atoms with Gasteiger partial charge in [0, 0.05) is 16.9 Å². The van der Waals surface area contributed by atoms with E-state index < -0.39 is 29.3 Å². The van der Waals surface area contributed by atoms with E-state index in [2.05, 4.69) is 10.3 Å². The van der Waals surface area contributed by atoms with Crippen molar-refractivity contribution in [3.63, 3.8) is 0 Å². The largest absolute Gasteiger partial charge is 0.463 e. The molecule has 0 saturated carbocycles. The number of carbonyl (C=O) groups excluding carboxylic acids is 1. The molecule has 1 N–H and O–H groups in total. The number of nitrogens with one attached hydrogen (secondary N) is 1. The van der Waals surface area contributed by atoms with Gasteiger partial charge in [-0.1, -0.05) is 41.1 Å². The van der Waals surface area contributed by atoms with E-state index in [1.165, 1.54) is 22.9 Å². The Kier molecular flexibility index (Phi) is 6.86. The quantitative estimate of drug-likeness (QED) is 0.502. The maximum atomic E-state index is 13.4. The first kappa shape index (κ1) is 24.7. The molecule has 0 fully saturated rings. The van der Waals surface area contributed by atoms with Crippen LogP contribution in [-0.2, 0) is 15.7 Å². The number of benzene rings is 2. The number of anilines is 1. The number of halogens is 4. The number of hydrogen-bond acceptors (Lipinski definition) is 6. The zero-order chi connectivity index (χ0) is 25.3. The second kappa shape index (κ2) is 9.71. The van der Waals surface area contributed by atoms with E-state index in [0.29, 0.717) is 21.1 Å². The standard InChI is InChI=1S/C24H19ClF3N3O3S/c1-3-34-22(33)19-13(2)30-23-31(20(19)14-7-9-16(25)10-8-14)21(32)18(35-23)12-29-17-6-4-5-15(11-17)24(26,27)28/h4-12,20,29H,3H2,1-2H3/b18-12-/t20-/m1/s1. The molecule has 1 aromatic heterocycles. The predicted molar refractivity (Wildman–Crippen MR) is 128 cm³/mol. The minimum absolute atomic E-state index is 0.147. The highest BCUT2D eigenvalue weighted by molar-refractivity contribution is 7.07. The van der Waals surface area contributed by atoms with Gasteiger partial charge < -0.3 is 10.1 Å². The van der Waals surface area contributed by atoms with Crippen molar-refractivity contribution in [2.75, 3.05) is 11.9 Å². The van der Waals surface area contributed by atoms with Crippen LogP contribution in [0.5, 0.6) is 0 Å². The number of allylic oxidation sites excluding steroid dienone is 1. The first-order chi connectivity index (χ1) is 16.6. The molecule has 2 aromatic carbocycles. The van der Waals surface area contributed by atoms with E-state index in [0.717, 1.165) is 23.5 Å². The number of nitrogens with zero attached hydrogens (tertiary/aromatic N) is 2. The molecule has 182 valence electrons. The first-order valence-electron chi connectivity index (χ1n) is 10.5. The van der Waals surface area contributed by atoms with Crippen LogP contribution in [0.2, 0.25) is 5.02 Å². The van der Waals surface area contributed by atoms with Crippen LogP contribution < -0.4 is 20.2 Å². The number of ether oxygens (including phenoxy) is 1. The third kappa shape index (κ3) is 5.03. The number of aromatic nitrogens is 1. The highest BCUT2D eigenvalue weighted by Crippen LogP contribution is 2.32. The monoisotopic (exact) mass is 521 g/mol. The summed E-state index contributed by atoms with van der Waals surface area (Å²) in [7, 11) is 0. The molecule has 0 spiro atoms. The van der Waals surface area contributed by atoms with Crippen LogP contribution >= 0.6 is 22.9 Å². The molecule has 0 amide bonds. The van der Waals surface area contributed by atoms with Gasteiger partial charge in [-0.2, -0.15) is 13.2 Å². The number of alkyl halides is 3. The summed E-state index contributed by atoms with van der Waals surface area (Å²) in [5.41, 5.74) is 0.159. The topological polar surface area (TPSA) is 72.7 Å². The van der Waals surface area contributed by atoms with Crippen molar-refractivity contribution < 1.29 is 22.7 Å². The minimum Gasteiger partial charge on any atom is -0.463 e. The SMILES string of the molecule is CCOC(=O)C1=C(C)N=c2s/c(=C\Nc3cccc(C(F)(F)F)c3)c(=O)n2[C@@H]1c1ccc(Cl)cc1. The Bertz CT molecular complexity index is 1490. The van der Waals surface area contributed by atoms with Gasteiger partial charge >= 0.3 is 12.1 Å². The molecule has 1 aliphatic heterocycles. The fourth-order valence-corrected chi connectivity index (χ4v) is 4.78. The zero-order valence-electron chi connectivity index (χ0n) is 18.5. The summed E-state index contributed by atoms with van der Waals surface area (Å²) in [5, 5.41) is 3.25. The maximum absolute atomic E-state index is 13.4. The number of fused-ring (bicyclic) bond motifs is 1. The number of hydrogen-bond donors (Lipinski definition) is 1. The summed E-state index contributed by atoms with van der Waals surface area (Å²) in [6, 6.07) is 10.6. The molecular weight excluding hydrogens is 503 g/mol. The Morgan fingerprint density at radius 3 is 2.63 bits per heavy atom. The molecule has 6 nitrogen and oxygen atoms in total. The van der Waals surface area contributed by atoms with Crippen LogP contribution in [0.1, 0.15) is 31.0 Å². The van der Waals surface area contributed by atoms with Gasteiger partial charge in [0.15, 0.2) is 4.80 Å². The number of thiazole rings is 1. The summed E-state index contributed by atoms with van der Waals surface area (Å²) < 4.78 is 45.9. The van der Waals surface area contributed by atoms with E-state index in [1.807, 2.05) is 0 Å². The number of esters is 1. The van der Waals surface area contributed by atoms with Crippen molar-refractivity contribution in [2.24, 2.45) is 4.99 Å². The van der Waals surface area contributed by atoms with Crippen LogP contribution in [0.25, 0.3) is 6.20 Å². The lowest BCUT2D eigenvalue weighted by Crippen LogP contribution is -2.40. The Morgan fingerprint density at radius 1 is 1.26 bits per heavy atom. The molecule has 35 heavy (non-hydrogen) atoms. The summed E-state index contributed by atoms with van der Waals surface area (Å²) in [4.78, 5) is 31.0. The van der Waals surface area contributed by atoms with Crippen molar-refractivity contribution in [2.45, 2.75) is 26.1 Å². The molecule has 0 unspecified atom stereocenters. The molecule has 1 atom stereocenters. The Morgan fingerprint density at radius 2 is 1.97 bits per heavy atom. The van der Waals surface area contributed by atoms with Gasteiger partial charge in [0.1, 0.15) is 4.53 Å². The average molecular weight is 522 g/mol. The van der Waals surface area contributed by atoms with Crippen molar-refractivity contribution in [1.29, 1.82) is 0 Å². The Labute approximate surface area is 206 Å². The Balaban J connectivity index is 1.82. The van der Waals surface area contributed by atoms with Gasteiger partial charge in [0.25, 0.3) is 5.56 Å². The van der Waals surface area contributed by atoms with Gasteiger partial charge in [0.05, 0.1) is 29.5 Å². The molecule has 4 rings (SSSR count). The fourth-order valence-electron chi connectivity index (χ4n) is 3.69. The lowest BCUT2D eigenvalue weighted by Gasteiger charge is -2.24. The normalized spacial score (nSPS) is 16.1. The van der Waals surface area contributed by atoms with E-state index >= 15 is 0 Å². The van der Waals surface area contributed by atoms with Crippen LogP contribution in [-0.4, -0.2) is 17.1 Å².